The number of carbonyl (C=O) groups excluding carboxylic acids is 1. The fourth-order valence-electron chi connectivity index (χ4n) is 2.47. The summed E-state index contributed by atoms with van der Waals surface area (Å²) in [7, 11) is 0. The van der Waals surface area contributed by atoms with Gasteiger partial charge in [-0.2, -0.15) is 0 Å². The number of rotatable bonds is 5. The molecular formula is C20H18ClFN4O. The summed E-state index contributed by atoms with van der Waals surface area (Å²) in [5.41, 5.74) is 2.32. The zero-order valence-electron chi connectivity index (χ0n) is 14.9. The van der Waals surface area contributed by atoms with Gasteiger partial charge in [0.25, 0.3) is 5.91 Å². The molecule has 138 valence electrons. The standard InChI is InChI=1S/C20H18ClFN4O/c1-12-7-8-15(9-16(12)21)26-19-10-18(24-13(2)25-19)20(27)23-11-14-5-3-4-6-17(14)22/h3-10H,11H2,1-2H3,(H,23,27)(H,24,25,26). The Hall–Kier alpha value is -2.99. The van der Waals surface area contributed by atoms with Crippen molar-refractivity contribution in [3.05, 3.63) is 82.0 Å². The molecule has 0 unspecified atom stereocenters. The molecule has 3 aromatic rings. The molecule has 0 fully saturated rings. The van der Waals surface area contributed by atoms with Crippen molar-refractivity contribution in [2.75, 3.05) is 5.32 Å². The number of hydrogen-bond donors (Lipinski definition) is 2. The summed E-state index contributed by atoms with van der Waals surface area (Å²) in [5.74, 6) is 0.136. The Morgan fingerprint density at radius 3 is 2.63 bits per heavy atom. The number of halogens is 2. The Labute approximate surface area is 161 Å². The lowest BCUT2D eigenvalue weighted by Gasteiger charge is -2.10. The second kappa shape index (κ2) is 8.14. The van der Waals surface area contributed by atoms with Gasteiger partial charge < -0.3 is 10.6 Å². The zero-order valence-corrected chi connectivity index (χ0v) is 15.6. The highest BCUT2D eigenvalue weighted by molar-refractivity contribution is 6.31. The van der Waals surface area contributed by atoms with E-state index in [-0.39, 0.29) is 18.1 Å². The monoisotopic (exact) mass is 384 g/mol. The van der Waals surface area contributed by atoms with Crippen molar-refractivity contribution >= 4 is 29.0 Å². The van der Waals surface area contributed by atoms with E-state index in [1.165, 1.54) is 12.1 Å². The highest BCUT2D eigenvalue weighted by Crippen LogP contribution is 2.22. The topological polar surface area (TPSA) is 66.9 Å². The van der Waals surface area contributed by atoms with E-state index in [1.54, 1.807) is 31.2 Å². The van der Waals surface area contributed by atoms with Gasteiger partial charge in [0.15, 0.2) is 0 Å². The van der Waals surface area contributed by atoms with Gasteiger partial charge in [-0.3, -0.25) is 4.79 Å². The molecule has 0 spiro atoms. The number of nitrogens with zero attached hydrogens (tertiary/aromatic N) is 2. The largest absolute Gasteiger partial charge is 0.347 e. The minimum absolute atomic E-state index is 0.0743. The SMILES string of the molecule is Cc1nc(Nc2ccc(C)c(Cl)c2)cc(C(=O)NCc2ccccc2F)n1. The first kappa shape index (κ1) is 18.8. The van der Waals surface area contributed by atoms with Crippen molar-refractivity contribution in [1.29, 1.82) is 0 Å². The van der Waals surface area contributed by atoms with Crippen LogP contribution < -0.4 is 10.6 Å². The van der Waals surface area contributed by atoms with Crippen molar-refractivity contribution in [3.63, 3.8) is 0 Å². The number of amides is 1. The molecule has 1 aromatic heterocycles. The summed E-state index contributed by atoms with van der Waals surface area (Å²) in [5, 5.41) is 6.42. The number of hydrogen-bond acceptors (Lipinski definition) is 4. The molecule has 0 aliphatic carbocycles. The Morgan fingerprint density at radius 2 is 1.89 bits per heavy atom. The van der Waals surface area contributed by atoms with Gasteiger partial charge in [-0.15, -0.1) is 0 Å². The van der Waals surface area contributed by atoms with Gasteiger partial charge in [-0.25, -0.2) is 14.4 Å². The Morgan fingerprint density at radius 1 is 1.11 bits per heavy atom. The van der Waals surface area contributed by atoms with Gasteiger partial charge >= 0.3 is 0 Å². The lowest BCUT2D eigenvalue weighted by Crippen LogP contribution is -2.25. The first-order valence-electron chi connectivity index (χ1n) is 8.33. The van der Waals surface area contributed by atoms with Crippen LogP contribution >= 0.6 is 11.6 Å². The number of nitrogens with one attached hydrogen (secondary N) is 2. The molecule has 0 radical (unpaired) electrons. The van der Waals surface area contributed by atoms with E-state index in [4.69, 9.17) is 11.6 Å². The quantitative estimate of drug-likeness (QED) is 0.676. The maximum absolute atomic E-state index is 13.7. The van der Waals surface area contributed by atoms with Crippen molar-refractivity contribution in [2.45, 2.75) is 20.4 Å². The van der Waals surface area contributed by atoms with E-state index in [0.29, 0.717) is 22.2 Å². The molecule has 0 aliphatic rings. The predicted octanol–water partition coefficient (Wildman–Crippen LogP) is 4.56. The molecular weight excluding hydrogens is 367 g/mol. The van der Waals surface area contributed by atoms with Crippen molar-refractivity contribution < 1.29 is 9.18 Å². The van der Waals surface area contributed by atoms with E-state index < -0.39 is 5.91 Å². The third-order valence-electron chi connectivity index (χ3n) is 3.91. The minimum atomic E-state index is -0.409. The smallest absolute Gasteiger partial charge is 0.270 e. The molecule has 3 rings (SSSR count). The van der Waals surface area contributed by atoms with E-state index in [0.717, 1.165) is 11.3 Å². The van der Waals surface area contributed by atoms with Crippen molar-refractivity contribution in [1.82, 2.24) is 15.3 Å². The van der Waals surface area contributed by atoms with Crippen LogP contribution in [0.25, 0.3) is 0 Å². The first-order chi connectivity index (χ1) is 12.9. The fraction of sp³-hybridized carbons (Fsp3) is 0.150. The fourth-order valence-corrected chi connectivity index (χ4v) is 2.65. The number of benzene rings is 2. The third kappa shape index (κ3) is 4.80. The molecule has 0 bridgehead atoms. The van der Waals surface area contributed by atoms with Crippen LogP contribution in [0.1, 0.15) is 27.4 Å². The van der Waals surface area contributed by atoms with Gasteiger partial charge in [-0.1, -0.05) is 35.9 Å². The summed E-state index contributed by atoms with van der Waals surface area (Å²) in [6.45, 7) is 3.69. The van der Waals surface area contributed by atoms with E-state index in [9.17, 15) is 9.18 Å². The minimum Gasteiger partial charge on any atom is -0.347 e. The van der Waals surface area contributed by atoms with Gasteiger partial charge in [0.05, 0.1) is 0 Å². The molecule has 27 heavy (non-hydrogen) atoms. The number of aromatic nitrogens is 2. The van der Waals surface area contributed by atoms with Crippen molar-refractivity contribution in [3.8, 4) is 0 Å². The summed E-state index contributed by atoms with van der Waals surface area (Å²) >= 11 is 6.14. The summed E-state index contributed by atoms with van der Waals surface area (Å²) in [6.07, 6.45) is 0. The molecule has 0 atom stereocenters. The van der Waals surface area contributed by atoms with Crippen LogP contribution in [0.2, 0.25) is 5.02 Å². The molecule has 1 amide bonds. The van der Waals surface area contributed by atoms with E-state index >= 15 is 0 Å². The molecule has 2 aromatic carbocycles. The average Bonchev–Trinajstić information content (AvgIpc) is 2.63. The van der Waals surface area contributed by atoms with Crippen LogP contribution in [0, 0.1) is 19.7 Å². The van der Waals surface area contributed by atoms with Crippen LogP contribution in [0.15, 0.2) is 48.5 Å². The van der Waals surface area contributed by atoms with Crippen LogP contribution in [-0.4, -0.2) is 15.9 Å². The van der Waals surface area contributed by atoms with Gasteiger partial charge in [-0.05, 0) is 37.6 Å². The normalized spacial score (nSPS) is 10.5. The Kier molecular flexibility index (Phi) is 5.66. The van der Waals surface area contributed by atoms with E-state index in [1.807, 2.05) is 19.1 Å². The summed E-state index contributed by atoms with van der Waals surface area (Å²) < 4.78 is 13.7. The number of anilines is 2. The summed E-state index contributed by atoms with van der Waals surface area (Å²) in [6, 6.07) is 13.4. The maximum Gasteiger partial charge on any atom is 0.270 e. The predicted molar refractivity (Wildman–Crippen MR) is 104 cm³/mol. The molecule has 1 heterocycles. The van der Waals surface area contributed by atoms with Gasteiger partial charge in [0.1, 0.15) is 23.2 Å². The highest BCUT2D eigenvalue weighted by atomic mass is 35.5. The van der Waals surface area contributed by atoms with Crippen LogP contribution in [-0.2, 0) is 6.54 Å². The van der Waals surface area contributed by atoms with E-state index in [2.05, 4.69) is 20.6 Å². The second-order valence-electron chi connectivity index (χ2n) is 6.05. The molecule has 5 nitrogen and oxygen atoms in total. The lowest BCUT2D eigenvalue weighted by atomic mass is 10.2. The van der Waals surface area contributed by atoms with Crippen LogP contribution in [0.5, 0.6) is 0 Å². The molecule has 7 heteroatoms. The second-order valence-corrected chi connectivity index (χ2v) is 6.46. The summed E-state index contributed by atoms with van der Waals surface area (Å²) in [4.78, 5) is 20.9. The third-order valence-corrected chi connectivity index (χ3v) is 4.32. The molecule has 0 saturated carbocycles. The molecule has 0 saturated heterocycles. The van der Waals surface area contributed by atoms with Crippen LogP contribution in [0.4, 0.5) is 15.9 Å². The molecule has 0 aliphatic heterocycles. The lowest BCUT2D eigenvalue weighted by molar-refractivity contribution is 0.0945. The number of carbonyl (C=O) groups is 1. The number of aryl methyl sites for hydroxylation is 2. The van der Waals surface area contributed by atoms with Crippen LogP contribution in [0.3, 0.4) is 0 Å². The van der Waals surface area contributed by atoms with Gasteiger partial charge in [0.2, 0.25) is 0 Å². The van der Waals surface area contributed by atoms with Gasteiger partial charge in [0, 0.05) is 28.9 Å². The zero-order chi connectivity index (χ0) is 19.4. The molecule has 2 N–H and O–H groups in total. The average molecular weight is 385 g/mol. The Bertz CT molecular complexity index is 993. The highest BCUT2D eigenvalue weighted by Gasteiger charge is 2.12. The first-order valence-corrected chi connectivity index (χ1v) is 8.70. The van der Waals surface area contributed by atoms with Crippen molar-refractivity contribution in [2.24, 2.45) is 0 Å². The maximum atomic E-state index is 13.7. The Balaban J connectivity index is 1.75.